The number of carbonyl (C=O) groups excluding carboxylic acids is 1. The van der Waals surface area contributed by atoms with Gasteiger partial charge in [0.05, 0.1) is 12.3 Å². The van der Waals surface area contributed by atoms with Crippen molar-refractivity contribution in [3.63, 3.8) is 0 Å². The van der Waals surface area contributed by atoms with E-state index in [-0.39, 0.29) is 12.0 Å². The molecule has 1 saturated heterocycles. The molecule has 1 N–H and O–H groups in total. The average Bonchev–Trinajstić information content (AvgIpc) is 3.31. The Bertz CT molecular complexity index is 636. The Balaban J connectivity index is 1.77. The molecule has 1 heterocycles. The Hall–Kier alpha value is -2.33. The summed E-state index contributed by atoms with van der Waals surface area (Å²) in [5.41, 5.74) is 2.83. The van der Waals surface area contributed by atoms with Gasteiger partial charge in [0.2, 0.25) is 5.91 Å². The van der Waals surface area contributed by atoms with Gasteiger partial charge in [-0.25, -0.2) is 0 Å². The molecule has 1 aliphatic heterocycles. The van der Waals surface area contributed by atoms with Crippen LogP contribution in [0.4, 0.5) is 5.69 Å². The second-order valence-corrected chi connectivity index (χ2v) is 5.03. The minimum absolute atomic E-state index is 0.117. The molecule has 2 aromatic rings. The summed E-state index contributed by atoms with van der Waals surface area (Å²) in [6.45, 7) is 2.69. The summed E-state index contributed by atoms with van der Waals surface area (Å²) >= 11 is 0. The molecule has 3 rings (SSSR count). The van der Waals surface area contributed by atoms with E-state index in [1.807, 2.05) is 48.5 Å². The SMILES string of the molecule is CC(=O)Nc1cc([C@H]2CO2)ccc1OCc1ccccc1. The zero-order chi connectivity index (χ0) is 14.7. The van der Waals surface area contributed by atoms with Crippen LogP contribution in [0.5, 0.6) is 5.75 Å². The van der Waals surface area contributed by atoms with E-state index in [9.17, 15) is 4.79 Å². The molecule has 108 valence electrons. The summed E-state index contributed by atoms with van der Waals surface area (Å²) in [7, 11) is 0. The summed E-state index contributed by atoms with van der Waals surface area (Å²) < 4.78 is 11.1. The number of epoxide rings is 1. The third kappa shape index (κ3) is 3.61. The molecular formula is C17H17NO3. The van der Waals surface area contributed by atoms with Gasteiger partial charge in [-0.3, -0.25) is 4.79 Å². The Labute approximate surface area is 123 Å². The van der Waals surface area contributed by atoms with Crippen molar-refractivity contribution in [2.45, 2.75) is 19.6 Å². The Morgan fingerprint density at radius 2 is 2.05 bits per heavy atom. The first kappa shape index (κ1) is 13.6. The van der Waals surface area contributed by atoms with Crippen LogP contribution < -0.4 is 10.1 Å². The van der Waals surface area contributed by atoms with Crippen molar-refractivity contribution >= 4 is 11.6 Å². The monoisotopic (exact) mass is 283 g/mol. The maximum absolute atomic E-state index is 11.3. The number of benzene rings is 2. The Kier molecular flexibility index (Phi) is 3.88. The summed E-state index contributed by atoms with van der Waals surface area (Å²) in [6, 6.07) is 15.7. The van der Waals surface area contributed by atoms with Gasteiger partial charge in [0.15, 0.2) is 0 Å². The van der Waals surface area contributed by atoms with Crippen molar-refractivity contribution in [3.05, 3.63) is 59.7 Å². The zero-order valence-corrected chi connectivity index (χ0v) is 11.8. The highest BCUT2D eigenvalue weighted by Crippen LogP contribution is 2.35. The summed E-state index contributed by atoms with van der Waals surface area (Å²) in [4.78, 5) is 11.3. The van der Waals surface area contributed by atoms with E-state index in [0.29, 0.717) is 18.0 Å². The average molecular weight is 283 g/mol. The van der Waals surface area contributed by atoms with E-state index in [0.717, 1.165) is 17.7 Å². The number of anilines is 1. The topological polar surface area (TPSA) is 50.9 Å². The van der Waals surface area contributed by atoms with Gasteiger partial charge in [-0.1, -0.05) is 36.4 Å². The third-order valence-corrected chi connectivity index (χ3v) is 3.26. The number of rotatable bonds is 5. The lowest BCUT2D eigenvalue weighted by atomic mass is 10.1. The summed E-state index contributed by atoms with van der Waals surface area (Å²) in [6.07, 6.45) is 0.153. The first-order valence-corrected chi connectivity index (χ1v) is 6.92. The largest absolute Gasteiger partial charge is 0.487 e. The molecular weight excluding hydrogens is 266 g/mol. The molecule has 2 aromatic carbocycles. The number of ether oxygens (including phenoxy) is 2. The zero-order valence-electron chi connectivity index (χ0n) is 11.8. The van der Waals surface area contributed by atoms with Crippen LogP contribution in [0.3, 0.4) is 0 Å². The van der Waals surface area contributed by atoms with Gasteiger partial charge in [-0.15, -0.1) is 0 Å². The van der Waals surface area contributed by atoms with Gasteiger partial charge in [0.25, 0.3) is 0 Å². The van der Waals surface area contributed by atoms with Crippen LogP contribution in [0, 0.1) is 0 Å². The fourth-order valence-corrected chi connectivity index (χ4v) is 2.14. The van der Waals surface area contributed by atoms with E-state index in [4.69, 9.17) is 9.47 Å². The van der Waals surface area contributed by atoms with Gasteiger partial charge in [-0.05, 0) is 23.3 Å². The fourth-order valence-electron chi connectivity index (χ4n) is 2.14. The van der Waals surface area contributed by atoms with Crippen LogP contribution in [0.2, 0.25) is 0 Å². The van der Waals surface area contributed by atoms with Crippen LogP contribution in [0.25, 0.3) is 0 Å². The lowest BCUT2D eigenvalue weighted by molar-refractivity contribution is -0.114. The standard InChI is InChI=1S/C17H17NO3/c1-12(19)18-15-9-14(17-11-21-17)7-8-16(15)20-10-13-5-3-2-4-6-13/h2-9,17H,10-11H2,1H3,(H,18,19)/t17-/m1/s1. The van der Waals surface area contributed by atoms with Gasteiger partial charge in [-0.2, -0.15) is 0 Å². The molecule has 1 fully saturated rings. The number of amides is 1. The lowest BCUT2D eigenvalue weighted by Gasteiger charge is -2.13. The minimum atomic E-state index is -0.117. The molecule has 0 unspecified atom stereocenters. The summed E-state index contributed by atoms with van der Waals surface area (Å²) in [5.74, 6) is 0.548. The third-order valence-electron chi connectivity index (χ3n) is 3.26. The van der Waals surface area contributed by atoms with Crippen molar-refractivity contribution < 1.29 is 14.3 Å². The van der Waals surface area contributed by atoms with Gasteiger partial charge in [0.1, 0.15) is 18.5 Å². The predicted molar refractivity (Wildman–Crippen MR) is 80.2 cm³/mol. The molecule has 1 atom stereocenters. The number of nitrogens with one attached hydrogen (secondary N) is 1. The predicted octanol–water partition coefficient (Wildman–Crippen LogP) is 3.30. The Morgan fingerprint density at radius 3 is 2.71 bits per heavy atom. The van der Waals surface area contributed by atoms with E-state index in [1.54, 1.807) is 0 Å². The van der Waals surface area contributed by atoms with Crippen molar-refractivity contribution in [1.29, 1.82) is 0 Å². The molecule has 0 aliphatic carbocycles. The molecule has 0 saturated carbocycles. The molecule has 1 amide bonds. The van der Waals surface area contributed by atoms with Crippen LogP contribution >= 0.6 is 0 Å². The van der Waals surface area contributed by atoms with Crippen molar-refractivity contribution in [2.24, 2.45) is 0 Å². The van der Waals surface area contributed by atoms with E-state index >= 15 is 0 Å². The molecule has 0 aromatic heterocycles. The quantitative estimate of drug-likeness (QED) is 0.857. The number of carbonyl (C=O) groups is 1. The van der Waals surface area contributed by atoms with Crippen molar-refractivity contribution in [3.8, 4) is 5.75 Å². The minimum Gasteiger partial charge on any atom is -0.487 e. The van der Waals surface area contributed by atoms with Gasteiger partial charge in [0, 0.05) is 6.92 Å². The molecule has 0 radical (unpaired) electrons. The van der Waals surface area contributed by atoms with Crippen molar-refractivity contribution in [1.82, 2.24) is 0 Å². The molecule has 0 bridgehead atoms. The maximum Gasteiger partial charge on any atom is 0.221 e. The lowest BCUT2D eigenvalue weighted by Crippen LogP contribution is -2.08. The second-order valence-electron chi connectivity index (χ2n) is 5.03. The molecule has 0 spiro atoms. The van der Waals surface area contributed by atoms with E-state index in [1.165, 1.54) is 6.92 Å². The Morgan fingerprint density at radius 1 is 1.29 bits per heavy atom. The van der Waals surface area contributed by atoms with Gasteiger partial charge >= 0.3 is 0 Å². The summed E-state index contributed by atoms with van der Waals surface area (Å²) in [5, 5.41) is 2.81. The molecule has 4 nitrogen and oxygen atoms in total. The van der Waals surface area contributed by atoms with Crippen LogP contribution in [0.1, 0.15) is 24.2 Å². The van der Waals surface area contributed by atoms with E-state index in [2.05, 4.69) is 5.32 Å². The highest BCUT2D eigenvalue weighted by molar-refractivity contribution is 5.90. The number of hydrogen-bond donors (Lipinski definition) is 1. The smallest absolute Gasteiger partial charge is 0.221 e. The van der Waals surface area contributed by atoms with Gasteiger partial charge < -0.3 is 14.8 Å². The first-order valence-electron chi connectivity index (χ1n) is 6.92. The van der Waals surface area contributed by atoms with E-state index < -0.39 is 0 Å². The maximum atomic E-state index is 11.3. The number of hydrogen-bond acceptors (Lipinski definition) is 3. The fraction of sp³-hybridized carbons (Fsp3) is 0.235. The van der Waals surface area contributed by atoms with Crippen molar-refractivity contribution in [2.75, 3.05) is 11.9 Å². The highest BCUT2D eigenvalue weighted by atomic mass is 16.6. The molecule has 4 heteroatoms. The molecule has 21 heavy (non-hydrogen) atoms. The van der Waals surface area contributed by atoms with Crippen LogP contribution in [-0.4, -0.2) is 12.5 Å². The second kappa shape index (κ2) is 5.97. The van der Waals surface area contributed by atoms with Crippen LogP contribution in [-0.2, 0) is 16.1 Å². The normalized spacial score (nSPS) is 16.3. The highest BCUT2D eigenvalue weighted by Gasteiger charge is 2.25. The van der Waals surface area contributed by atoms with Crippen LogP contribution in [0.15, 0.2) is 48.5 Å². The molecule has 1 aliphatic rings. The first-order chi connectivity index (χ1) is 10.2.